The molecule has 3 aromatic rings. The Kier molecular flexibility index (Phi) is 8.29. The van der Waals surface area contributed by atoms with Gasteiger partial charge in [0.2, 0.25) is 11.8 Å². The van der Waals surface area contributed by atoms with Gasteiger partial charge in [0.25, 0.3) is 0 Å². The first-order valence-electron chi connectivity index (χ1n) is 11.2. The maximum Gasteiger partial charge on any atom is 0.418 e. The third kappa shape index (κ3) is 6.69. The second kappa shape index (κ2) is 11.2. The summed E-state index contributed by atoms with van der Waals surface area (Å²) in [7, 11) is 0. The smallest absolute Gasteiger partial charge is 0.324 e. The lowest BCUT2D eigenvalue weighted by atomic mass is 10.1. The van der Waals surface area contributed by atoms with Crippen molar-refractivity contribution in [1.29, 1.82) is 0 Å². The van der Waals surface area contributed by atoms with Crippen LogP contribution in [-0.4, -0.2) is 46.1 Å². The van der Waals surface area contributed by atoms with Gasteiger partial charge in [-0.3, -0.25) is 14.5 Å². The molecule has 3 rings (SSSR count). The average molecular weight is 488 g/mol. The number of aromatic nitrogens is 2. The first-order chi connectivity index (χ1) is 16.6. The van der Waals surface area contributed by atoms with Crippen molar-refractivity contribution in [3.8, 4) is 5.69 Å². The van der Waals surface area contributed by atoms with Crippen molar-refractivity contribution in [2.24, 2.45) is 0 Å². The molecule has 0 saturated heterocycles. The van der Waals surface area contributed by atoms with E-state index in [1.807, 2.05) is 51.1 Å². The fourth-order valence-electron chi connectivity index (χ4n) is 3.69. The number of aryl methyl sites for hydroxylation is 1. The zero-order valence-corrected chi connectivity index (χ0v) is 19.8. The number of likely N-dealkylation sites (N-methyl/N-ethyl adjacent to an activating group) is 1. The van der Waals surface area contributed by atoms with Gasteiger partial charge in [-0.25, -0.2) is 4.68 Å². The molecule has 0 aliphatic carbocycles. The summed E-state index contributed by atoms with van der Waals surface area (Å²) in [6, 6.07) is 14.4. The quantitative estimate of drug-likeness (QED) is 0.455. The third-order valence-electron chi connectivity index (χ3n) is 5.53. The molecule has 1 aromatic heterocycles. The number of hydrogen-bond donors (Lipinski definition) is 2. The number of amides is 2. The lowest BCUT2D eigenvalue weighted by molar-refractivity contribution is -0.137. The van der Waals surface area contributed by atoms with E-state index >= 15 is 0 Å². The van der Waals surface area contributed by atoms with Gasteiger partial charge in [0.05, 0.1) is 40.6 Å². The van der Waals surface area contributed by atoms with Gasteiger partial charge in [-0.1, -0.05) is 37.3 Å². The molecule has 1 heterocycles. The van der Waals surface area contributed by atoms with Crippen molar-refractivity contribution < 1.29 is 22.8 Å². The molecular formula is C25H28F3N5O2. The number of anilines is 2. The number of benzene rings is 2. The predicted molar refractivity (Wildman–Crippen MR) is 128 cm³/mol. The van der Waals surface area contributed by atoms with E-state index in [0.29, 0.717) is 17.9 Å². The molecule has 7 nitrogen and oxygen atoms in total. The molecule has 0 spiro atoms. The van der Waals surface area contributed by atoms with Crippen LogP contribution in [0.15, 0.2) is 54.6 Å². The molecule has 10 heteroatoms. The Morgan fingerprint density at radius 1 is 0.971 bits per heavy atom. The molecule has 0 aliphatic rings. The standard InChI is InChI=1S/C25H28F3N5O2/c1-4-32(16-23(35)29-21-13-9-8-12-20(21)25(26,27)28)15-14-22(34)30-24-17(2)31-33(18(24)3)19-10-6-5-7-11-19/h5-13H,4,14-16H2,1-3H3,(H,29,35)(H,30,34). The molecule has 0 fully saturated rings. The number of rotatable bonds is 9. The van der Waals surface area contributed by atoms with Crippen LogP contribution in [0.25, 0.3) is 5.69 Å². The SMILES string of the molecule is CCN(CCC(=O)Nc1c(C)nn(-c2ccccc2)c1C)CC(=O)Nc1ccccc1C(F)(F)F. The summed E-state index contributed by atoms with van der Waals surface area (Å²) >= 11 is 0. The number of nitrogens with one attached hydrogen (secondary N) is 2. The van der Waals surface area contributed by atoms with Crippen LogP contribution >= 0.6 is 0 Å². The summed E-state index contributed by atoms with van der Waals surface area (Å²) in [6.45, 7) is 6.06. The lowest BCUT2D eigenvalue weighted by Crippen LogP contribution is -2.35. The summed E-state index contributed by atoms with van der Waals surface area (Å²) in [6.07, 6.45) is -4.47. The molecule has 186 valence electrons. The molecule has 0 aliphatic heterocycles. The van der Waals surface area contributed by atoms with Gasteiger partial charge >= 0.3 is 6.18 Å². The van der Waals surface area contributed by atoms with Crippen LogP contribution < -0.4 is 10.6 Å². The van der Waals surface area contributed by atoms with E-state index in [9.17, 15) is 22.8 Å². The van der Waals surface area contributed by atoms with Crippen LogP contribution in [0.1, 0.15) is 30.3 Å². The van der Waals surface area contributed by atoms with Gasteiger partial charge in [0.15, 0.2) is 0 Å². The molecule has 35 heavy (non-hydrogen) atoms. The van der Waals surface area contributed by atoms with Gasteiger partial charge in [-0.05, 0) is 44.7 Å². The van der Waals surface area contributed by atoms with Crippen molar-refractivity contribution >= 4 is 23.2 Å². The number of hydrogen-bond acceptors (Lipinski definition) is 4. The fraction of sp³-hybridized carbons (Fsp3) is 0.320. The van der Waals surface area contributed by atoms with Crippen molar-refractivity contribution in [2.75, 3.05) is 30.3 Å². The van der Waals surface area contributed by atoms with Crippen molar-refractivity contribution in [3.63, 3.8) is 0 Å². The summed E-state index contributed by atoms with van der Waals surface area (Å²) in [4.78, 5) is 26.7. The Bertz CT molecular complexity index is 1180. The zero-order valence-electron chi connectivity index (χ0n) is 19.8. The van der Waals surface area contributed by atoms with E-state index in [2.05, 4.69) is 15.7 Å². The first kappa shape index (κ1) is 26.0. The minimum absolute atomic E-state index is 0.107. The van der Waals surface area contributed by atoms with Crippen LogP contribution in [-0.2, 0) is 15.8 Å². The molecule has 0 bridgehead atoms. The highest BCUT2D eigenvalue weighted by molar-refractivity contribution is 5.93. The normalized spacial score (nSPS) is 11.5. The van der Waals surface area contributed by atoms with Crippen LogP contribution in [0.2, 0.25) is 0 Å². The van der Waals surface area contributed by atoms with Gasteiger partial charge in [0, 0.05) is 13.0 Å². The van der Waals surface area contributed by atoms with Crippen molar-refractivity contribution in [3.05, 3.63) is 71.5 Å². The van der Waals surface area contributed by atoms with E-state index in [-0.39, 0.29) is 31.1 Å². The van der Waals surface area contributed by atoms with E-state index in [0.717, 1.165) is 17.4 Å². The first-order valence-corrected chi connectivity index (χ1v) is 11.2. The molecule has 2 amide bonds. The largest absolute Gasteiger partial charge is 0.418 e. The minimum atomic E-state index is -4.57. The number of para-hydroxylation sites is 2. The highest BCUT2D eigenvalue weighted by Gasteiger charge is 2.33. The van der Waals surface area contributed by atoms with Gasteiger partial charge < -0.3 is 10.6 Å². The second-order valence-corrected chi connectivity index (χ2v) is 8.05. The zero-order chi connectivity index (χ0) is 25.6. The van der Waals surface area contributed by atoms with Crippen molar-refractivity contribution in [1.82, 2.24) is 14.7 Å². The Morgan fingerprint density at radius 3 is 2.29 bits per heavy atom. The summed E-state index contributed by atoms with van der Waals surface area (Å²) < 4.78 is 41.2. The molecule has 2 N–H and O–H groups in total. The number of carbonyl (C=O) groups is 2. The molecule has 0 atom stereocenters. The predicted octanol–water partition coefficient (Wildman–Crippen LogP) is 4.80. The third-order valence-corrected chi connectivity index (χ3v) is 5.53. The maximum absolute atomic E-state index is 13.2. The summed E-state index contributed by atoms with van der Waals surface area (Å²) in [5, 5.41) is 9.73. The monoisotopic (exact) mass is 487 g/mol. The Hall–Kier alpha value is -3.66. The van der Waals surface area contributed by atoms with Gasteiger partial charge in [-0.15, -0.1) is 0 Å². The van der Waals surface area contributed by atoms with Crippen LogP contribution in [0.3, 0.4) is 0 Å². The Morgan fingerprint density at radius 2 is 1.63 bits per heavy atom. The summed E-state index contributed by atoms with van der Waals surface area (Å²) in [5.41, 5.74) is 1.77. The van der Waals surface area contributed by atoms with E-state index in [4.69, 9.17) is 0 Å². The summed E-state index contributed by atoms with van der Waals surface area (Å²) in [5.74, 6) is -0.829. The number of nitrogens with zero attached hydrogens (tertiary/aromatic N) is 3. The van der Waals surface area contributed by atoms with E-state index < -0.39 is 17.6 Å². The molecule has 0 saturated carbocycles. The topological polar surface area (TPSA) is 79.3 Å². The fourth-order valence-corrected chi connectivity index (χ4v) is 3.69. The second-order valence-electron chi connectivity index (χ2n) is 8.05. The number of halogens is 3. The highest BCUT2D eigenvalue weighted by Crippen LogP contribution is 2.34. The molecule has 2 aromatic carbocycles. The minimum Gasteiger partial charge on any atom is -0.324 e. The van der Waals surface area contributed by atoms with Crippen LogP contribution in [0.5, 0.6) is 0 Å². The van der Waals surface area contributed by atoms with E-state index in [1.165, 1.54) is 18.2 Å². The number of alkyl halides is 3. The molecular weight excluding hydrogens is 459 g/mol. The Labute approximate surface area is 201 Å². The average Bonchev–Trinajstić information content (AvgIpc) is 3.10. The number of carbonyl (C=O) groups excluding carboxylic acids is 2. The van der Waals surface area contributed by atoms with Crippen molar-refractivity contribution in [2.45, 2.75) is 33.4 Å². The van der Waals surface area contributed by atoms with Crippen LogP contribution in [0, 0.1) is 13.8 Å². The maximum atomic E-state index is 13.2. The highest BCUT2D eigenvalue weighted by atomic mass is 19.4. The lowest BCUT2D eigenvalue weighted by Gasteiger charge is -2.20. The van der Waals surface area contributed by atoms with Gasteiger partial charge in [-0.2, -0.15) is 18.3 Å². The van der Waals surface area contributed by atoms with E-state index in [1.54, 1.807) is 9.58 Å². The van der Waals surface area contributed by atoms with Gasteiger partial charge in [0.1, 0.15) is 0 Å². The Balaban J connectivity index is 1.57. The van der Waals surface area contributed by atoms with Crippen LogP contribution in [0.4, 0.5) is 24.5 Å². The molecule has 0 radical (unpaired) electrons. The molecule has 0 unspecified atom stereocenters.